The van der Waals surface area contributed by atoms with Gasteiger partial charge in [-0.1, -0.05) is 24.3 Å². The van der Waals surface area contributed by atoms with Gasteiger partial charge in [0.15, 0.2) is 5.60 Å². The van der Waals surface area contributed by atoms with E-state index in [1.165, 1.54) is 36.4 Å². The van der Waals surface area contributed by atoms with Crippen LogP contribution in [0, 0.1) is 0 Å². The number of sulfonamides is 2. The van der Waals surface area contributed by atoms with E-state index in [2.05, 4.69) is 17.4 Å². The van der Waals surface area contributed by atoms with Gasteiger partial charge in [0, 0.05) is 36.8 Å². The van der Waals surface area contributed by atoms with Crippen molar-refractivity contribution in [3.63, 3.8) is 0 Å². The summed E-state index contributed by atoms with van der Waals surface area (Å²) in [7, 11) is -7.62. The van der Waals surface area contributed by atoms with Crippen LogP contribution >= 0.6 is 12.6 Å². The largest absolute Gasteiger partial charge is 0.421 e. The Balaban J connectivity index is 1.93. The zero-order valence-corrected chi connectivity index (χ0v) is 23.0. The number of thiol groups is 1. The molecule has 0 aliphatic carbocycles. The van der Waals surface area contributed by atoms with Gasteiger partial charge in [-0.05, 0) is 50.6 Å². The molecule has 14 heteroatoms. The van der Waals surface area contributed by atoms with E-state index in [4.69, 9.17) is 0 Å². The molecule has 0 unspecified atom stereocenters. The predicted octanol–water partition coefficient (Wildman–Crippen LogP) is 2.95. The molecule has 2 aromatic rings. The third-order valence-corrected chi connectivity index (χ3v) is 10.7. The van der Waals surface area contributed by atoms with Crippen LogP contribution in [0.15, 0.2) is 58.3 Å². The van der Waals surface area contributed by atoms with Crippen molar-refractivity contribution in [2.45, 2.75) is 53.6 Å². The highest BCUT2D eigenvalue weighted by molar-refractivity contribution is 7.90. The summed E-state index contributed by atoms with van der Waals surface area (Å²) < 4.78 is 95.0. The molecule has 206 valence electrons. The Bertz CT molecular complexity index is 1320. The number of hydrogen-bond donors (Lipinski definition) is 3. The first-order valence-electron chi connectivity index (χ1n) is 11.4. The predicted molar refractivity (Wildman–Crippen MR) is 138 cm³/mol. The molecule has 2 atom stereocenters. The van der Waals surface area contributed by atoms with Crippen molar-refractivity contribution in [2.75, 3.05) is 31.1 Å². The normalized spacial score (nSPS) is 19.7. The molecule has 8 nitrogen and oxygen atoms in total. The van der Waals surface area contributed by atoms with Crippen molar-refractivity contribution >= 4 is 38.4 Å². The number of piperazine rings is 1. The van der Waals surface area contributed by atoms with Gasteiger partial charge in [-0.2, -0.15) is 17.5 Å². The molecule has 1 heterocycles. The maximum absolute atomic E-state index is 13.3. The zero-order chi connectivity index (χ0) is 27.8. The molecule has 2 aromatic carbocycles. The summed E-state index contributed by atoms with van der Waals surface area (Å²) in [6, 6.07) is 10.6. The molecule has 0 spiro atoms. The topological polar surface area (TPSA) is 107 Å². The van der Waals surface area contributed by atoms with Crippen molar-refractivity contribution in [3.8, 4) is 0 Å². The lowest BCUT2D eigenvalue weighted by Gasteiger charge is -2.42. The second-order valence-electron chi connectivity index (χ2n) is 9.24. The lowest BCUT2D eigenvalue weighted by molar-refractivity contribution is -0.258. The van der Waals surface area contributed by atoms with Crippen LogP contribution in [0.25, 0.3) is 0 Å². The molecule has 0 aromatic heterocycles. The first-order chi connectivity index (χ1) is 17.0. The Labute approximate surface area is 221 Å². The van der Waals surface area contributed by atoms with Gasteiger partial charge < -0.3 is 10.0 Å². The molecule has 37 heavy (non-hydrogen) atoms. The molecule has 1 aliphatic heterocycles. The second kappa shape index (κ2) is 10.7. The van der Waals surface area contributed by atoms with Gasteiger partial charge >= 0.3 is 6.18 Å². The van der Waals surface area contributed by atoms with E-state index in [1.54, 1.807) is 23.1 Å². The van der Waals surface area contributed by atoms with Crippen LogP contribution in [-0.4, -0.2) is 69.9 Å². The molecule has 1 aliphatic rings. The molecule has 0 radical (unpaired) electrons. The van der Waals surface area contributed by atoms with Crippen molar-refractivity contribution in [1.82, 2.24) is 9.03 Å². The fourth-order valence-electron chi connectivity index (χ4n) is 3.89. The number of nitrogens with zero attached hydrogens (tertiary/aromatic N) is 2. The monoisotopic (exact) mass is 581 g/mol. The van der Waals surface area contributed by atoms with E-state index >= 15 is 0 Å². The molecule has 0 saturated carbocycles. The van der Waals surface area contributed by atoms with Gasteiger partial charge in [0.05, 0.1) is 16.2 Å². The van der Waals surface area contributed by atoms with E-state index in [0.29, 0.717) is 12.6 Å². The van der Waals surface area contributed by atoms with Gasteiger partial charge in [-0.3, -0.25) is 0 Å². The minimum atomic E-state index is -4.88. The fourth-order valence-corrected chi connectivity index (χ4v) is 6.71. The first-order valence-corrected chi connectivity index (χ1v) is 14.8. The molecule has 0 amide bonds. The number of halogens is 3. The van der Waals surface area contributed by atoms with Gasteiger partial charge in [0.2, 0.25) is 20.0 Å². The average Bonchev–Trinajstić information content (AvgIpc) is 2.82. The van der Waals surface area contributed by atoms with Crippen LogP contribution in [0.5, 0.6) is 0 Å². The molecule has 3 rings (SSSR count). The number of hydrogen-bond acceptors (Lipinski definition) is 7. The molecule has 2 N–H and O–H groups in total. The Kier molecular flexibility index (Phi) is 8.62. The Morgan fingerprint density at radius 1 is 1.05 bits per heavy atom. The Morgan fingerprint density at radius 3 is 2.19 bits per heavy atom. The van der Waals surface area contributed by atoms with E-state index in [0.717, 1.165) is 12.1 Å². The third kappa shape index (κ3) is 6.25. The first kappa shape index (κ1) is 29.7. The SMILES string of the molecule is CC(C)S(=O)(=O)NC[C@H]1CN(S(=O)(=O)c2ccccc2S)CCN1c1ccc([C@](C)(O)C(F)(F)F)cc1. The molecular weight excluding hydrogens is 551 g/mol. The highest BCUT2D eigenvalue weighted by atomic mass is 32.2. The number of benzene rings is 2. The van der Waals surface area contributed by atoms with Crippen LogP contribution in [0.2, 0.25) is 0 Å². The van der Waals surface area contributed by atoms with Crippen molar-refractivity contribution < 1.29 is 35.1 Å². The number of rotatable bonds is 8. The van der Waals surface area contributed by atoms with Crippen LogP contribution in [0.4, 0.5) is 18.9 Å². The highest BCUT2D eigenvalue weighted by Crippen LogP contribution is 2.39. The summed E-state index contributed by atoms with van der Waals surface area (Å²) in [5.74, 6) is 0. The number of alkyl halides is 3. The summed E-state index contributed by atoms with van der Waals surface area (Å²) in [4.78, 5) is 2.04. The second-order valence-corrected chi connectivity index (χ2v) is 13.9. The van der Waals surface area contributed by atoms with Crippen LogP contribution in [0.1, 0.15) is 26.3 Å². The standard InChI is InChI=1S/C23H30F3N3O5S3/c1-16(2)36(31,32)27-14-19-15-28(37(33,34)21-7-5-4-6-20(21)35)12-13-29(19)18-10-8-17(9-11-18)22(3,30)23(24,25)26/h4-11,16,19,27,30,35H,12-15H2,1-3H3/t19-,22-/m0/s1. The average molecular weight is 582 g/mol. The van der Waals surface area contributed by atoms with Gasteiger partial charge in [0.25, 0.3) is 0 Å². The number of aliphatic hydroxyl groups is 1. The zero-order valence-electron chi connectivity index (χ0n) is 20.5. The van der Waals surface area contributed by atoms with Crippen LogP contribution < -0.4 is 9.62 Å². The van der Waals surface area contributed by atoms with E-state index in [1.807, 2.05) is 0 Å². The van der Waals surface area contributed by atoms with Crippen molar-refractivity contribution in [3.05, 3.63) is 54.1 Å². The summed E-state index contributed by atoms with van der Waals surface area (Å²) in [6.07, 6.45) is -4.88. The van der Waals surface area contributed by atoms with Gasteiger partial charge in [-0.15, -0.1) is 12.6 Å². The Hall–Kier alpha value is -1.84. The van der Waals surface area contributed by atoms with Crippen LogP contribution in [-0.2, 0) is 25.6 Å². The third-order valence-electron chi connectivity index (χ3n) is 6.38. The number of nitrogens with one attached hydrogen (secondary N) is 1. The summed E-state index contributed by atoms with van der Waals surface area (Å²) in [5.41, 5.74) is -2.94. The highest BCUT2D eigenvalue weighted by Gasteiger charge is 2.51. The maximum atomic E-state index is 13.3. The van der Waals surface area contributed by atoms with E-state index in [-0.39, 0.29) is 41.5 Å². The summed E-state index contributed by atoms with van der Waals surface area (Å²) >= 11 is 4.25. The molecule has 1 fully saturated rings. The minimum absolute atomic E-state index is 0.0204. The lowest BCUT2D eigenvalue weighted by atomic mass is 9.95. The van der Waals surface area contributed by atoms with Crippen molar-refractivity contribution in [1.29, 1.82) is 0 Å². The quantitative estimate of drug-likeness (QED) is 0.414. The lowest BCUT2D eigenvalue weighted by Crippen LogP contribution is -2.58. The molecule has 1 saturated heterocycles. The maximum Gasteiger partial charge on any atom is 0.421 e. The van der Waals surface area contributed by atoms with E-state index < -0.39 is 43.1 Å². The molecular formula is C23H30F3N3O5S3. The summed E-state index contributed by atoms with van der Waals surface area (Å²) in [6.45, 7) is 3.68. The van der Waals surface area contributed by atoms with Gasteiger partial charge in [0.1, 0.15) is 0 Å². The van der Waals surface area contributed by atoms with Crippen LogP contribution in [0.3, 0.4) is 0 Å². The Morgan fingerprint density at radius 2 is 1.65 bits per heavy atom. The fraction of sp³-hybridized carbons (Fsp3) is 0.478. The minimum Gasteiger partial charge on any atom is -0.376 e. The number of anilines is 1. The summed E-state index contributed by atoms with van der Waals surface area (Å²) in [5, 5.41) is 9.24. The van der Waals surface area contributed by atoms with E-state index in [9.17, 15) is 35.1 Å². The smallest absolute Gasteiger partial charge is 0.376 e. The molecule has 0 bridgehead atoms. The van der Waals surface area contributed by atoms with Crippen molar-refractivity contribution in [2.24, 2.45) is 0 Å². The van der Waals surface area contributed by atoms with Gasteiger partial charge in [-0.25, -0.2) is 21.6 Å².